The van der Waals surface area contributed by atoms with Gasteiger partial charge in [-0.15, -0.1) is 0 Å². The molecule has 1 N–H and O–H groups in total. The Morgan fingerprint density at radius 3 is 2.73 bits per heavy atom. The summed E-state index contributed by atoms with van der Waals surface area (Å²) in [5, 5.41) is 7.24. The van der Waals surface area contributed by atoms with Crippen LogP contribution in [0.1, 0.15) is 12.0 Å². The van der Waals surface area contributed by atoms with Crippen molar-refractivity contribution < 1.29 is 14.3 Å². The number of methoxy groups -OCH3 is 1. The molecule has 2 amide bonds. The molecule has 1 aliphatic rings. The second kappa shape index (κ2) is 8.71. The third-order valence-corrected chi connectivity index (χ3v) is 5.61. The zero-order valence-electron chi connectivity index (χ0n) is 16.4. The summed E-state index contributed by atoms with van der Waals surface area (Å²) >= 11 is 3.42. The second-order valence-electron chi connectivity index (χ2n) is 7.07. The first-order valence-corrected chi connectivity index (χ1v) is 10.3. The number of nitrogens with zero attached hydrogens (tertiary/aromatic N) is 3. The molecule has 0 saturated carbocycles. The number of nitrogens with one attached hydrogen (secondary N) is 1. The number of hydrogen-bond acceptors (Lipinski definition) is 4. The molecule has 8 heteroatoms. The van der Waals surface area contributed by atoms with Gasteiger partial charge in [0.15, 0.2) is 0 Å². The van der Waals surface area contributed by atoms with Crippen LogP contribution in [0, 0.1) is 5.92 Å². The molecule has 3 aromatic rings. The van der Waals surface area contributed by atoms with E-state index in [9.17, 15) is 9.59 Å². The quantitative estimate of drug-likeness (QED) is 0.598. The number of amides is 2. The molecular formula is C22H21BrN4O3. The van der Waals surface area contributed by atoms with E-state index in [1.54, 1.807) is 35.0 Å². The molecule has 1 atom stereocenters. The van der Waals surface area contributed by atoms with Crippen LogP contribution in [0.4, 0.5) is 11.5 Å². The zero-order chi connectivity index (χ0) is 21.1. The van der Waals surface area contributed by atoms with E-state index >= 15 is 0 Å². The Kier molecular flexibility index (Phi) is 5.85. The fraction of sp³-hybridized carbons (Fsp3) is 0.227. The first-order valence-electron chi connectivity index (χ1n) is 9.55. The van der Waals surface area contributed by atoms with Crippen LogP contribution in [-0.4, -0.2) is 35.2 Å². The molecule has 1 aromatic heterocycles. The van der Waals surface area contributed by atoms with Gasteiger partial charge >= 0.3 is 0 Å². The molecule has 30 heavy (non-hydrogen) atoms. The maximum Gasteiger partial charge on any atom is 0.230 e. The van der Waals surface area contributed by atoms with E-state index in [0.29, 0.717) is 30.3 Å². The van der Waals surface area contributed by atoms with Crippen molar-refractivity contribution >= 4 is 39.2 Å². The number of ether oxygens (including phenoxy) is 1. The predicted octanol–water partition coefficient (Wildman–Crippen LogP) is 3.69. The van der Waals surface area contributed by atoms with E-state index in [1.807, 2.05) is 42.5 Å². The van der Waals surface area contributed by atoms with E-state index in [0.717, 1.165) is 10.0 Å². The fourth-order valence-electron chi connectivity index (χ4n) is 3.52. The smallest absolute Gasteiger partial charge is 0.230 e. The van der Waals surface area contributed by atoms with Crippen LogP contribution >= 0.6 is 15.9 Å². The Balaban J connectivity index is 1.45. The Bertz CT molecular complexity index is 1060. The van der Waals surface area contributed by atoms with E-state index in [-0.39, 0.29) is 18.2 Å². The van der Waals surface area contributed by atoms with Crippen LogP contribution in [0.15, 0.2) is 65.3 Å². The van der Waals surface area contributed by atoms with Crippen molar-refractivity contribution in [2.45, 2.75) is 13.0 Å². The van der Waals surface area contributed by atoms with Gasteiger partial charge in [-0.2, -0.15) is 5.10 Å². The van der Waals surface area contributed by atoms with Gasteiger partial charge in [-0.25, -0.2) is 4.68 Å². The van der Waals surface area contributed by atoms with Gasteiger partial charge < -0.3 is 15.0 Å². The lowest BCUT2D eigenvalue weighted by Crippen LogP contribution is -2.29. The number of aromatic nitrogens is 2. The first-order chi connectivity index (χ1) is 14.5. The molecule has 7 nitrogen and oxygen atoms in total. The van der Waals surface area contributed by atoms with E-state index in [1.165, 1.54) is 0 Å². The number of carbonyl (C=O) groups is 2. The van der Waals surface area contributed by atoms with Crippen molar-refractivity contribution in [1.29, 1.82) is 0 Å². The Morgan fingerprint density at radius 2 is 1.97 bits per heavy atom. The fourth-order valence-corrected chi connectivity index (χ4v) is 3.79. The van der Waals surface area contributed by atoms with Gasteiger partial charge in [0.05, 0.1) is 31.5 Å². The highest BCUT2D eigenvalue weighted by Gasteiger charge is 2.36. The van der Waals surface area contributed by atoms with Gasteiger partial charge in [-0.3, -0.25) is 9.59 Å². The summed E-state index contributed by atoms with van der Waals surface area (Å²) in [6.45, 7) is 0.846. The number of halogens is 1. The summed E-state index contributed by atoms with van der Waals surface area (Å²) < 4.78 is 8.10. The number of hydrogen-bond donors (Lipinski definition) is 1. The highest BCUT2D eigenvalue weighted by Crippen LogP contribution is 2.33. The minimum Gasteiger partial charge on any atom is -0.495 e. The Morgan fingerprint density at radius 1 is 1.20 bits per heavy atom. The van der Waals surface area contributed by atoms with Crippen LogP contribution in [0.25, 0.3) is 0 Å². The van der Waals surface area contributed by atoms with Gasteiger partial charge in [-0.1, -0.05) is 40.2 Å². The minimum atomic E-state index is -0.446. The van der Waals surface area contributed by atoms with Gasteiger partial charge in [0.2, 0.25) is 11.8 Å². The Labute approximate surface area is 182 Å². The van der Waals surface area contributed by atoms with Crippen molar-refractivity contribution in [3.63, 3.8) is 0 Å². The third-order valence-electron chi connectivity index (χ3n) is 5.09. The third kappa shape index (κ3) is 4.23. The maximum absolute atomic E-state index is 12.9. The lowest BCUT2D eigenvalue weighted by atomic mass is 10.1. The van der Waals surface area contributed by atoms with Crippen LogP contribution < -0.4 is 15.0 Å². The number of carbonyl (C=O) groups excluding carboxylic acids is 2. The van der Waals surface area contributed by atoms with Crippen molar-refractivity contribution in [3.05, 3.63) is 70.8 Å². The highest BCUT2D eigenvalue weighted by molar-refractivity contribution is 9.10. The molecule has 4 rings (SSSR count). The minimum absolute atomic E-state index is 0.0944. The van der Waals surface area contributed by atoms with Crippen molar-refractivity contribution in [1.82, 2.24) is 9.78 Å². The number of para-hydroxylation sites is 2. The summed E-state index contributed by atoms with van der Waals surface area (Å²) in [6.07, 6.45) is 1.81. The molecule has 0 spiro atoms. The van der Waals surface area contributed by atoms with E-state index in [4.69, 9.17) is 4.74 Å². The molecule has 1 saturated heterocycles. The van der Waals surface area contributed by atoms with Crippen molar-refractivity contribution in [3.8, 4) is 5.75 Å². The normalized spacial score (nSPS) is 16.0. The molecule has 0 bridgehead atoms. The zero-order valence-corrected chi connectivity index (χ0v) is 18.0. The number of anilines is 2. The molecule has 154 valence electrons. The summed E-state index contributed by atoms with van der Waals surface area (Å²) in [5.74, 6) is 0.477. The largest absolute Gasteiger partial charge is 0.495 e. The van der Waals surface area contributed by atoms with Gasteiger partial charge in [-0.05, 0) is 29.8 Å². The maximum atomic E-state index is 12.9. The standard InChI is InChI=1S/C22H21BrN4O3/c1-30-19-5-3-2-4-18(19)26-14-16(12-21(26)28)22(29)25-20-10-11-24-27(20)13-15-6-8-17(23)9-7-15/h2-11,16H,12-14H2,1H3,(H,25,29). The lowest BCUT2D eigenvalue weighted by molar-refractivity contribution is -0.122. The Hall–Kier alpha value is -3.13. The van der Waals surface area contributed by atoms with Crippen molar-refractivity contribution in [2.75, 3.05) is 23.9 Å². The topological polar surface area (TPSA) is 76.5 Å². The van der Waals surface area contributed by atoms with E-state index < -0.39 is 5.92 Å². The lowest BCUT2D eigenvalue weighted by Gasteiger charge is -2.19. The predicted molar refractivity (Wildman–Crippen MR) is 118 cm³/mol. The molecule has 0 radical (unpaired) electrons. The average Bonchev–Trinajstić information content (AvgIpc) is 3.36. The summed E-state index contributed by atoms with van der Waals surface area (Å²) in [5.41, 5.74) is 1.75. The summed E-state index contributed by atoms with van der Waals surface area (Å²) in [6, 6.07) is 17.0. The van der Waals surface area contributed by atoms with Crippen LogP contribution in [0.3, 0.4) is 0 Å². The van der Waals surface area contributed by atoms with Gasteiger partial charge in [0.1, 0.15) is 11.6 Å². The van der Waals surface area contributed by atoms with Crippen LogP contribution in [0.5, 0.6) is 5.75 Å². The number of benzene rings is 2. The molecule has 2 heterocycles. The van der Waals surface area contributed by atoms with Crippen LogP contribution in [-0.2, 0) is 16.1 Å². The first kappa shape index (κ1) is 20.2. The van der Waals surface area contributed by atoms with Gasteiger partial charge in [0.25, 0.3) is 0 Å². The van der Waals surface area contributed by atoms with Gasteiger partial charge in [0, 0.05) is 23.5 Å². The second-order valence-corrected chi connectivity index (χ2v) is 7.98. The molecular weight excluding hydrogens is 448 g/mol. The molecule has 1 fully saturated rings. The molecule has 1 unspecified atom stereocenters. The SMILES string of the molecule is COc1ccccc1N1CC(C(=O)Nc2ccnn2Cc2ccc(Br)cc2)CC1=O. The average molecular weight is 469 g/mol. The molecule has 0 aliphatic carbocycles. The number of rotatable bonds is 6. The van der Waals surface area contributed by atoms with E-state index in [2.05, 4.69) is 26.3 Å². The van der Waals surface area contributed by atoms with Crippen LogP contribution in [0.2, 0.25) is 0 Å². The molecule has 2 aromatic carbocycles. The molecule has 1 aliphatic heterocycles. The monoisotopic (exact) mass is 468 g/mol. The summed E-state index contributed by atoms with van der Waals surface area (Å²) in [4.78, 5) is 27.0. The summed E-state index contributed by atoms with van der Waals surface area (Å²) in [7, 11) is 1.57. The highest BCUT2D eigenvalue weighted by atomic mass is 79.9. The van der Waals surface area contributed by atoms with Crippen molar-refractivity contribution in [2.24, 2.45) is 5.92 Å².